The first kappa shape index (κ1) is 49.8. The van der Waals surface area contributed by atoms with E-state index in [0.717, 1.165) is 113 Å². The number of hydrogen-bond acceptors (Lipinski definition) is 6. The summed E-state index contributed by atoms with van der Waals surface area (Å²) in [5.74, 6) is 2.29. The van der Waals surface area contributed by atoms with E-state index in [9.17, 15) is 0 Å². The molecule has 1 aromatic heterocycles. The summed E-state index contributed by atoms with van der Waals surface area (Å²) >= 11 is 0. The number of rotatable bonds is 8. The van der Waals surface area contributed by atoms with Crippen LogP contribution < -0.4 is 40.6 Å². The Kier molecular flexibility index (Phi) is 11.1. The van der Waals surface area contributed by atoms with Crippen molar-refractivity contribution in [2.45, 2.75) is 52.4 Å². The lowest BCUT2D eigenvalue weighted by Crippen LogP contribution is -2.61. The zero-order chi connectivity index (χ0) is 56.6. The van der Waals surface area contributed by atoms with Crippen LogP contribution in [0.4, 0.5) is 51.2 Å². The van der Waals surface area contributed by atoms with Gasteiger partial charge in [-0.1, -0.05) is 174 Å². The van der Waals surface area contributed by atoms with E-state index in [0.29, 0.717) is 0 Å². The molecule has 6 nitrogen and oxygen atoms in total. The molecule has 0 atom stereocenters. The summed E-state index contributed by atoms with van der Waals surface area (Å²) in [6.07, 6.45) is 0. The summed E-state index contributed by atoms with van der Waals surface area (Å²) in [7, 11) is 0. The molecule has 84 heavy (non-hydrogen) atoms. The van der Waals surface area contributed by atoms with Crippen LogP contribution in [0.15, 0.2) is 247 Å². The highest BCUT2D eigenvalue weighted by atomic mass is 16.7. The van der Waals surface area contributed by atoms with Gasteiger partial charge in [-0.15, -0.1) is 0 Å². The summed E-state index contributed by atoms with van der Waals surface area (Å²) in [6.45, 7) is 14.0. The van der Waals surface area contributed by atoms with Crippen molar-refractivity contribution in [3.05, 3.63) is 265 Å². The van der Waals surface area contributed by atoms with Crippen LogP contribution in [0.3, 0.4) is 0 Å². The van der Waals surface area contributed by atoms with Gasteiger partial charge in [0.05, 0.1) is 5.69 Å². The van der Waals surface area contributed by atoms with Gasteiger partial charge in [-0.3, -0.25) is 0 Å². The average molecular weight is 1090 g/mol. The van der Waals surface area contributed by atoms with E-state index in [1.54, 1.807) is 0 Å². The summed E-state index contributed by atoms with van der Waals surface area (Å²) in [6, 6.07) is 89.4. The Morgan fingerprint density at radius 2 is 1.12 bits per heavy atom. The highest BCUT2D eigenvalue weighted by Crippen LogP contribution is 2.54. The predicted octanol–water partition coefficient (Wildman–Crippen LogP) is 18.6. The number of benzene rings is 11. The average Bonchev–Trinajstić information content (AvgIpc) is 0.954. The van der Waals surface area contributed by atoms with E-state index >= 15 is 0 Å². The largest absolute Gasteiger partial charge is 0.456 e. The lowest BCUT2D eigenvalue weighted by atomic mass is 9.33. The van der Waals surface area contributed by atoms with E-state index in [4.69, 9.17) is 13.9 Å². The molecule has 0 radical (unpaired) electrons. The Morgan fingerprint density at radius 3 is 1.87 bits per heavy atom. The van der Waals surface area contributed by atoms with E-state index in [1.165, 1.54) is 44.2 Å². The van der Waals surface area contributed by atoms with Crippen LogP contribution in [-0.4, -0.2) is 13.5 Å². The van der Waals surface area contributed by atoms with Gasteiger partial charge in [-0.25, -0.2) is 0 Å². The van der Waals surface area contributed by atoms with Crippen molar-refractivity contribution >= 4 is 85.3 Å². The predicted molar refractivity (Wildman–Crippen MR) is 348 cm³/mol. The van der Waals surface area contributed by atoms with Crippen LogP contribution in [0.25, 0.3) is 55.7 Å². The van der Waals surface area contributed by atoms with Crippen molar-refractivity contribution in [2.24, 2.45) is 0 Å². The van der Waals surface area contributed by atoms with E-state index < -0.39 is 0 Å². The quantitative estimate of drug-likeness (QED) is 0.141. The third-order valence-electron chi connectivity index (χ3n) is 18.0. The van der Waals surface area contributed by atoms with Gasteiger partial charge in [-0.05, 0) is 176 Å². The van der Waals surface area contributed by atoms with Crippen molar-refractivity contribution in [1.29, 1.82) is 0 Å². The van der Waals surface area contributed by atoms with Gasteiger partial charge in [0.2, 0.25) is 6.79 Å². The third kappa shape index (κ3) is 7.86. The molecular weight excluding hydrogens is 1030 g/mol. The Morgan fingerprint density at radius 1 is 0.452 bits per heavy atom. The fraction of sp³-hybridized carbons (Fsp3) is 0.117. The molecule has 0 fully saturated rings. The van der Waals surface area contributed by atoms with Crippen LogP contribution >= 0.6 is 0 Å². The molecule has 3 aliphatic heterocycles. The van der Waals surface area contributed by atoms with E-state index in [-0.39, 0.29) is 24.3 Å². The minimum atomic E-state index is -0.185. The topological polar surface area (TPSA) is 41.3 Å². The van der Waals surface area contributed by atoms with Crippen molar-refractivity contribution < 1.29 is 13.9 Å². The van der Waals surface area contributed by atoms with Gasteiger partial charge in [0.1, 0.15) is 11.3 Å². The van der Waals surface area contributed by atoms with E-state index in [2.05, 4.69) is 293 Å². The molecule has 0 unspecified atom stereocenters. The fourth-order valence-corrected chi connectivity index (χ4v) is 13.9. The highest BCUT2D eigenvalue weighted by Gasteiger charge is 2.45. The van der Waals surface area contributed by atoms with Gasteiger partial charge in [0, 0.05) is 73.5 Å². The van der Waals surface area contributed by atoms with Crippen LogP contribution in [-0.2, 0) is 10.8 Å². The molecule has 0 bridgehead atoms. The number of hydrogen-bond donors (Lipinski definition) is 0. The standard InChI is InChI=1S/C77H60BN3O3/c1-48-36-69-75-70(37-48)81(67-46-74-73(82-47-83-74)45-61(67)49-20-10-7-11-21-49)66-35-31-54(76(2,3)4)43-65(66)78(75)64-34-32-57(79(55-23-12-8-13-24-55)56-25-14-9-15-26-56)44-68(64)80(69)58-39-52(38-53(40-58)72-42-51-22-16-19-29-71(51)84-72)50-30-33-60-59-27-17-18-28-62(59)77(5,6)63(60)41-50/h7-46H,47H2,1-6H3. The van der Waals surface area contributed by atoms with Crippen molar-refractivity contribution in [2.75, 3.05) is 21.5 Å². The highest BCUT2D eigenvalue weighted by molar-refractivity contribution is 7.00. The van der Waals surface area contributed by atoms with Crippen LogP contribution in [0.2, 0.25) is 0 Å². The van der Waals surface area contributed by atoms with Gasteiger partial charge in [0.25, 0.3) is 6.71 Å². The van der Waals surface area contributed by atoms with Crippen molar-refractivity contribution in [3.63, 3.8) is 0 Å². The van der Waals surface area contributed by atoms with Crippen LogP contribution in [0, 0.1) is 6.92 Å². The minimum absolute atomic E-state index is 0.132. The maximum Gasteiger partial charge on any atom is 0.252 e. The molecular formula is C77H60BN3O3. The zero-order valence-corrected chi connectivity index (χ0v) is 47.9. The lowest BCUT2D eigenvalue weighted by molar-refractivity contribution is 0.174. The Hall–Kier alpha value is -9.98. The van der Waals surface area contributed by atoms with Crippen molar-refractivity contribution in [1.82, 2.24) is 0 Å². The maximum atomic E-state index is 6.88. The van der Waals surface area contributed by atoms with Crippen LogP contribution in [0.1, 0.15) is 56.9 Å². The number of furan rings is 1. The third-order valence-corrected chi connectivity index (χ3v) is 18.0. The number of anilines is 9. The second kappa shape index (κ2) is 18.8. The molecule has 404 valence electrons. The number of ether oxygens (including phenoxy) is 2. The Labute approximate surface area is 491 Å². The normalized spacial score (nSPS) is 14.0. The molecule has 0 N–H and O–H groups in total. The first-order valence-corrected chi connectivity index (χ1v) is 29.2. The Balaban J connectivity index is 0.999. The second-order valence-electron chi connectivity index (χ2n) is 24.5. The first-order chi connectivity index (χ1) is 40.9. The van der Waals surface area contributed by atoms with Crippen molar-refractivity contribution in [3.8, 4) is 56.2 Å². The molecule has 16 rings (SSSR count). The number of aryl methyl sites for hydroxylation is 1. The van der Waals surface area contributed by atoms with Gasteiger partial charge < -0.3 is 28.6 Å². The Bertz CT molecular complexity index is 4570. The molecule has 7 heteroatoms. The second-order valence-corrected chi connectivity index (χ2v) is 24.5. The molecule has 12 aromatic rings. The smallest absolute Gasteiger partial charge is 0.252 e. The molecule has 1 aliphatic carbocycles. The minimum Gasteiger partial charge on any atom is -0.456 e. The lowest BCUT2D eigenvalue weighted by Gasteiger charge is -2.45. The van der Waals surface area contributed by atoms with Gasteiger partial charge >= 0.3 is 0 Å². The number of para-hydroxylation sites is 3. The SMILES string of the molecule is Cc1cc2c3c(c1)N(c1cc4c(cc1-c1ccccc1)OCO4)c1ccc(C(C)(C)C)cc1B3c1ccc(N(c3ccccc3)c3ccccc3)cc1N2c1cc(-c2ccc3c(c2)C(C)(C)c2ccccc2-3)cc(-c2cc3ccccc3o2)c1. The molecule has 0 amide bonds. The number of fused-ring (bicyclic) bond motifs is 9. The first-order valence-electron chi connectivity index (χ1n) is 29.2. The van der Waals surface area contributed by atoms with Crippen LogP contribution in [0.5, 0.6) is 11.5 Å². The summed E-state index contributed by atoms with van der Waals surface area (Å²) in [5.41, 5.74) is 27.0. The summed E-state index contributed by atoms with van der Waals surface area (Å²) in [5, 5.41) is 1.06. The summed E-state index contributed by atoms with van der Waals surface area (Å²) in [4.78, 5) is 7.46. The number of nitrogens with zero attached hydrogens (tertiary/aromatic N) is 3. The summed E-state index contributed by atoms with van der Waals surface area (Å²) < 4.78 is 19.3. The van der Waals surface area contributed by atoms with Gasteiger partial charge in [0.15, 0.2) is 11.5 Å². The molecule has 0 saturated carbocycles. The molecule has 11 aromatic carbocycles. The molecule has 0 spiro atoms. The monoisotopic (exact) mass is 1090 g/mol. The molecule has 4 heterocycles. The maximum absolute atomic E-state index is 6.88. The fourth-order valence-electron chi connectivity index (χ4n) is 13.9. The zero-order valence-electron chi connectivity index (χ0n) is 47.9. The molecule has 0 saturated heterocycles. The van der Waals surface area contributed by atoms with E-state index in [1.807, 2.05) is 6.07 Å². The van der Waals surface area contributed by atoms with Gasteiger partial charge in [-0.2, -0.15) is 0 Å². The molecule has 4 aliphatic rings.